The highest BCUT2D eigenvalue weighted by molar-refractivity contribution is 7.91. The van der Waals surface area contributed by atoms with Gasteiger partial charge in [0.2, 0.25) is 11.8 Å². The first-order valence-electron chi connectivity index (χ1n) is 6.83. The third-order valence-electron chi connectivity index (χ3n) is 3.65. The second-order valence-electron chi connectivity index (χ2n) is 5.20. The Morgan fingerprint density at radius 2 is 1.95 bits per heavy atom. The highest BCUT2D eigenvalue weighted by Gasteiger charge is 2.32. The minimum Gasteiger partial charge on any atom is -0.425 e. The predicted molar refractivity (Wildman–Crippen MR) is 78.8 cm³/mol. The van der Waals surface area contributed by atoms with Gasteiger partial charge in [-0.2, -0.15) is 4.31 Å². The maximum absolute atomic E-state index is 12.5. The van der Waals surface area contributed by atoms with Gasteiger partial charge >= 0.3 is 0 Å². The van der Waals surface area contributed by atoms with E-state index in [4.69, 9.17) is 4.42 Å². The van der Waals surface area contributed by atoms with Gasteiger partial charge in [0.05, 0.1) is 0 Å². The van der Waals surface area contributed by atoms with Gasteiger partial charge in [0.1, 0.15) is 4.21 Å². The Morgan fingerprint density at radius 3 is 2.48 bits per heavy atom. The normalized spacial score (nSPS) is 18.2. The standard InChI is InChI=1S/C13H17N3O3S2/c1-9-3-4-12(20-9)21(17,18)16-7-5-11(6-8-16)13-15-14-10(2)19-13/h3-4,11H,5-8H2,1-2H3. The summed E-state index contributed by atoms with van der Waals surface area (Å²) in [6.07, 6.45) is 1.43. The minimum atomic E-state index is -3.36. The van der Waals surface area contributed by atoms with Gasteiger partial charge in [0.15, 0.2) is 0 Å². The maximum atomic E-state index is 12.5. The SMILES string of the molecule is Cc1nnc(C2CCN(S(=O)(=O)c3ccc(C)s3)CC2)o1. The molecule has 2 aromatic heterocycles. The average Bonchev–Trinajstić information content (AvgIpc) is 3.08. The summed E-state index contributed by atoms with van der Waals surface area (Å²) in [5.74, 6) is 1.33. The number of thiophene rings is 1. The Labute approximate surface area is 127 Å². The molecule has 21 heavy (non-hydrogen) atoms. The Morgan fingerprint density at radius 1 is 1.24 bits per heavy atom. The summed E-state index contributed by atoms with van der Waals surface area (Å²) >= 11 is 1.32. The Balaban J connectivity index is 1.71. The van der Waals surface area contributed by atoms with E-state index in [1.807, 2.05) is 13.0 Å². The number of rotatable bonds is 3. The van der Waals surface area contributed by atoms with Crippen LogP contribution in [-0.2, 0) is 10.0 Å². The molecular weight excluding hydrogens is 310 g/mol. The average molecular weight is 327 g/mol. The molecule has 1 saturated heterocycles. The summed E-state index contributed by atoms with van der Waals surface area (Å²) in [7, 11) is -3.36. The highest BCUT2D eigenvalue weighted by Crippen LogP contribution is 2.31. The smallest absolute Gasteiger partial charge is 0.252 e. The summed E-state index contributed by atoms with van der Waals surface area (Å²) < 4.78 is 32.5. The minimum absolute atomic E-state index is 0.155. The van der Waals surface area contributed by atoms with Gasteiger partial charge in [-0.1, -0.05) is 0 Å². The van der Waals surface area contributed by atoms with Crippen molar-refractivity contribution in [1.29, 1.82) is 0 Å². The van der Waals surface area contributed by atoms with E-state index in [2.05, 4.69) is 10.2 Å². The van der Waals surface area contributed by atoms with Crippen LogP contribution in [0.25, 0.3) is 0 Å². The Bertz CT molecular complexity index is 727. The lowest BCUT2D eigenvalue weighted by molar-refractivity contribution is 0.288. The van der Waals surface area contributed by atoms with Crippen LogP contribution in [0.2, 0.25) is 0 Å². The van der Waals surface area contributed by atoms with Gasteiger partial charge in [-0.3, -0.25) is 0 Å². The highest BCUT2D eigenvalue weighted by atomic mass is 32.2. The fourth-order valence-electron chi connectivity index (χ4n) is 2.50. The van der Waals surface area contributed by atoms with E-state index in [9.17, 15) is 8.42 Å². The van der Waals surface area contributed by atoms with E-state index in [1.165, 1.54) is 11.3 Å². The molecule has 1 fully saturated rings. The molecule has 2 aromatic rings. The monoisotopic (exact) mass is 327 g/mol. The van der Waals surface area contributed by atoms with Crippen molar-refractivity contribution < 1.29 is 12.8 Å². The molecule has 0 bridgehead atoms. The molecule has 8 heteroatoms. The van der Waals surface area contributed by atoms with Crippen molar-refractivity contribution in [2.75, 3.05) is 13.1 Å². The summed E-state index contributed by atoms with van der Waals surface area (Å²) in [6, 6.07) is 3.52. The third kappa shape index (κ3) is 2.88. The fraction of sp³-hybridized carbons (Fsp3) is 0.538. The molecule has 0 spiro atoms. The summed E-state index contributed by atoms with van der Waals surface area (Å²) in [6.45, 7) is 4.65. The second-order valence-corrected chi connectivity index (χ2v) is 8.66. The van der Waals surface area contributed by atoms with Crippen LogP contribution in [0.3, 0.4) is 0 Å². The van der Waals surface area contributed by atoms with Crippen LogP contribution in [0.1, 0.15) is 35.4 Å². The molecule has 1 aliphatic heterocycles. The molecule has 0 saturated carbocycles. The van der Waals surface area contributed by atoms with Gasteiger partial charge in [-0.15, -0.1) is 21.5 Å². The first kappa shape index (κ1) is 14.7. The van der Waals surface area contributed by atoms with Gasteiger partial charge in [0.25, 0.3) is 10.0 Å². The molecule has 6 nitrogen and oxygen atoms in total. The number of sulfonamides is 1. The molecule has 0 aromatic carbocycles. The van der Waals surface area contributed by atoms with E-state index >= 15 is 0 Å². The molecule has 0 amide bonds. The fourth-order valence-corrected chi connectivity index (χ4v) is 5.41. The number of hydrogen-bond donors (Lipinski definition) is 0. The topological polar surface area (TPSA) is 76.3 Å². The van der Waals surface area contributed by atoms with Crippen LogP contribution in [0, 0.1) is 13.8 Å². The van der Waals surface area contributed by atoms with E-state index in [0.717, 1.165) is 4.88 Å². The van der Waals surface area contributed by atoms with Crippen molar-refractivity contribution >= 4 is 21.4 Å². The molecule has 0 unspecified atom stereocenters. The largest absolute Gasteiger partial charge is 0.425 e. The third-order valence-corrected chi connectivity index (χ3v) is 7.02. The first-order valence-corrected chi connectivity index (χ1v) is 9.09. The van der Waals surface area contributed by atoms with Gasteiger partial charge < -0.3 is 4.42 Å². The van der Waals surface area contributed by atoms with Crippen molar-refractivity contribution in [3.05, 3.63) is 28.8 Å². The number of piperidine rings is 1. The van der Waals surface area contributed by atoms with E-state index in [-0.39, 0.29) is 5.92 Å². The molecule has 114 valence electrons. The van der Waals surface area contributed by atoms with Crippen molar-refractivity contribution in [2.24, 2.45) is 0 Å². The molecule has 0 aliphatic carbocycles. The molecule has 3 heterocycles. The number of aromatic nitrogens is 2. The quantitative estimate of drug-likeness (QED) is 0.864. The van der Waals surface area contributed by atoms with Gasteiger partial charge in [-0.25, -0.2) is 8.42 Å². The number of nitrogens with zero attached hydrogens (tertiary/aromatic N) is 3. The molecule has 3 rings (SSSR count). The zero-order valence-corrected chi connectivity index (χ0v) is 13.6. The number of aryl methyl sites for hydroxylation is 2. The first-order chi connectivity index (χ1) is 9.96. The summed E-state index contributed by atoms with van der Waals surface area (Å²) in [5, 5.41) is 7.87. The molecular formula is C13H17N3O3S2. The van der Waals surface area contributed by atoms with Crippen molar-refractivity contribution in [3.63, 3.8) is 0 Å². The van der Waals surface area contributed by atoms with Gasteiger partial charge in [-0.05, 0) is 31.9 Å². The number of hydrogen-bond acceptors (Lipinski definition) is 6. The van der Waals surface area contributed by atoms with Crippen LogP contribution in [0.4, 0.5) is 0 Å². The lowest BCUT2D eigenvalue weighted by Crippen LogP contribution is -2.37. The lowest BCUT2D eigenvalue weighted by atomic mass is 9.98. The maximum Gasteiger partial charge on any atom is 0.252 e. The Hall–Kier alpha value is -1.25. The van der Waals surface area contributed by atoms with Crippen LogP contribution < -0.4 is 0 Å². The Kier molecular flexibility index (Phi) is 3.85. The summed E-state index contributed by atoms with van der Waals surface area (Å²) in [5.41, 5.74) is 0. The van der Waals surface area contributed by atoms with E-state index < -0.39 is 10.0 Å². The molecule has 1 aliphatic rings. The van der Waals surface area contributed by atoms with E-state index in [1.54, 1.807) is 17.3 Å². The summed E-state index contributed by atoms with van der Waals surface area (Å²) in [4.78, 5) is 1.00. The zero-order chi connectivity index (χ0) is 15.0. The van der Waals surface area contributed by atoms with Crippen LogP contribution >= 0.6 is 11.3 Å². The molecule has 0 atom stereocenters. The molecule has 0 N–H and O–H groups in total. The van der Waals surface area contributed by atoms with Crippen LogP contribution in [-0.4, -0.2) is 36.0 Å². The molecule has 0 radical (unpaired) electrons. The van der Waals surface area contributed by atoms with Crippen LogP contribution in [0.5, 0.6) is 0 Å². The zero-order valence-electron chi connectivity index (χ0n) is 11.9. The van der Waals surface area contributed by atoms with Crippen LogP contribution in [0.15, 0.2) is 20.8 Å². The van der Waals surface area contributed by atoms with Gasteiger partial charge in [0, 0.05) is 30.8 Å². The van der Waals surface area contributed by atoms with Crippen molar-refractivity contribution in [3.8, 4) is 0 Å². The van der Waals surface area contributed by atoms with Crippen molar-refractivity contribution in [2.45, 2.75) is 36.8 Å². The predicted octanol–water partition coefficient (Wildman–Crippen LogP) is 2.32. The second kappa shape index (κ2) is 5.51. The van der Waals surface area contributed by atoms with Crippen molar-refractivity contribution in [1.82, 2.24) is 14.5 Å². The van der Waals surface area contributed by atoms with E-state index in [0.29, 0.717) is 41.9 Å². The lowest BCUT2D eigenvalue weighted by Gasteiger charge is -2.29.